The van der Waals surface area contributed by atoms with Gasteiger partial charge in [0, 0.05) is 25.6 Å². The average molecular weight is 295 g/mol. The van der Waals surface area contributed by atoms with Crippen LogP contribution in [-0.4, -0.2) is 46.7 Å². The average Bonchev–Trinajstić information content (AvgIpc) is 2.79. The Morgan fingerprint density at radius 1 is 1.48 bits per heavy atom. The third kappa shape index (κ3) is 3.26. The first-order chi connectivity index (χ1) is 9.73. The predicted molar refractivity (Wildman–Crippen MR) is 75.6 cm³/mol. The highest BCUT2D eigenvalue weighted by Gasteiger charge is 2.35. The van der Waals surface area contributed by atoms with Gasteiger partial charge in [0.2, 0.25) is 0 Å². The van der Waals surface area contributed by atoms with Gasteiger partial charge >= 0.3 is 5.97 Å². The van der Waals surface area contributed by atoms with E-state index in [1.165, 1.54) is 6.07 Å². The fraction of sp³-hybridized carbons (Fsp3) is 0.600. The number of aryl methyl sites for hydroxylation is 1. The topological polar surface area (TPSA) is 80.0 Å². The summed E-state index contributed by atoms with van der Waals surface area (Å²) in [5.41, 5.74) is -0.371. The number of nitrogens with zero attached hydrogens (tertiary/aromatic N) is 1. The lowest BCUT2D eigenvalue weighted by atomic mass is 10.1. The number of carboxylic acid groups (broad SMARTS) is 1. The molecule has 1 amide bonds. The van der Waals surface area contributed by atoms with Crippen molar-refractivity contribution in [1.82, 2.24) is 4.90 Å². The molecule has 1 aromatic heterocycles. The van der Waals surface area contributed by atoms with Crippen LogP contribution in [0.2, 0.25) is 0 Å². The van der Waals surface area contributed by atoms with Gasteiger partial charge in [0.15, 0.2) is 5.76 Å². The minimum Gasteiger partial charge on any atom is -0.478 e. The fourth-order valence-electron chi connectivity index (χ4n) is 2.74. The molecule has 1 saturated heterocycles. The highest BCUT2D eigenvalue weighted by Crippen LogP contribution is 2.24. The zero-order valence-corrected chi connectivity index (χ0v) is 12.8. The van der Waals surface area contributed by atoms with Gasteiger partial charge in [-0.1, -0.05) is 6.92 Å². The second-order valence-electron chi connectivity index (χ2n) is 5.98. The number of carboxylic acids is 1. The zero-order chi connectivity index (χ0) is 15.8. The van der Waals surface area contributed by atoms with Crippen molar-refractivity contribution in [2.75, 3.05) is 13.1 Å². The number of furan rings is 1. The normalized spacial score (nSPS) is 21.3. The van der Waals surface area contributed by atoms with Crippen molar-refractivity contribution in [3.8, 4) is 0 Å². The summed E-state index contributed by atoms with van der Waals surface area (Å²) < 4.78 is 11.2. The third-order valence-corrected chi connectivity index (χ3v) is 3.43. The highest BCUT2D eigenvalue weighted by atomic mass is 16.5. The molecule has 0 saturated carbocycles. The highest BCUT2D eigenvalue weighted by molar-refractivity contribution is 5.96. The summed E-state index contributed by atoms with van der Waals surface area (Å²) in [4.78, 5) is 25.3. The van der Waals surface area contributed by atoms with Crippen molar-refractivity contribution in [2.24, 2.45) is 0 Å². The van der Waals surface area contributed by atoms with E-state index < -0.39 is 11.6 Å². The molecule has 1 fully saturated rings. The first-order valence-corrected chi connectivity index (χ1v) is 7.06. The molecule has 1 aliphatic heterocycles. The monoisotopic (exact) mass is 295 g/mol. The summed E-state index contributed by atoms with van der Waals surface area (Å²) >= 11 is 0. The number of rotatable bonds is 3. The fourth-order valence-corrected chi connectivity index (χ4v) is 2.74. The Kier molecular flexibility index (Phi) is 4.09. The van der Waals surface area contributed by atoms with Crippen molar-refractivity contribution in [2.45, 2.75) is 45.8 Å². The number of hydrogen-bond acceptors (Lipinski definition) is 4. The molecule has 1 unspecified atom stereocenters. The van der Waals surface area contributed by atoms with Crippen molar-refractivity contribution in [3.63, 3.8) is 0 Å². The van der Waals surface area contributed by atoms with E-state index in [1.54, 1.807) is 11.8 Å². The summed E-state index contributed by atoms with van der Waals surface area (Å²) in [6.07, 6.45) is 0.358. The van der Waals surface area contributed by atoms with Gasteiger partial charge in [-0.15, -0.1) is 0 Å². The summed E-state index contributed by atoms with van der Waals surface area (Å²) in [6, 6.07) is 1.32. The molecular weight excluding hydrogens is 274 g/mol. The van der Waals surface area contributed by atoms with Gasteiger partial charge in [0.25, 0.3) is 5.91 Å². The second-order valence-corrected chi connectivity index (χ2v) is 5.98. The molecule has 2 heterocycles. The van der Waals surface area contributed by atoms with E-state index in [-0.39, 0.29) is 23.3 Å². The molecule has 21 heavy (non-hydrogen) atoms. The Hall–Kier alpha value is -1.82. The lowest BCUT2D eigenvalue weighted by molar-refractivity contribution is -0.119. The van der Waals surface area contributed by atoms with Gasteiger partial charge in [0.05, 0.1) is 11.7 Å². The SMILES string of the molecule is CCc1oc(C(=O)N2CC(C)OC(C)(C)C2)cc1C(=O)O. The maximum atomic E-state index is 12.5. The van der Waals surface area contributed by atoms with Crippen LogP contribution in [0, 0.1) is 0 Å². The maximum absolute atomic E-state index is 12.5. The standard InChI is InChI=1S/C15H21NO5/c1-5-11-10(14(18)19)6-12(20-11)13(17)16-7-9(2)21-15(3,4)8-16/h6,9H,5,7-8H2,1-4H3,(H,18,19). The molecule has 1 aromatic rings. The number of ether oxygens (including phenoxy) is 1. The number of amides is 1. The Balaban J connectivity index is 2.25. The Morgan fingerprint density at radius 3 is 2.62 bits per heavy atom. The molecule has 6 heteroatoms. The largest absolute Gasteiger partial charge is 0.478 e. The predicted octanol–water partition coefficient (Wildman–Crippen LogP) is 2.18. The van der Waals surface area contributed by atoms with Crippen molar-refractivity contribution >= 4 is 11.9 Å². The molecule has 2 rings (SSSR count). The summed E-state index contributed by atoms with van der Waals surface area (Å²) in [5.74, 6) is -0.966. The molecule has 1 aliphatic rings. The first kappa shape index (κ1) is 15.6. The molecule has 0 aromatic carbocycles. The minimum absolute atomic E-state index is 0.0569. The Morgan fingerprint density at radius 2 is 2.14 bits per heavy atom. The molecule has 6 nitrogen and oxygen atoms in total. The van der Waals surface area contributed by atoms with Crippen LogP contribution in [0.5, 0.6) is 0 Å². The molecule has 116 valence electrons. The van der Waals surface area contributed by atoms with Gasteiger partial charge in [0.1, 0.15) is 11.3 Å². The molecular formula is C15H21NO5. The van der Waals surface area contributed by atoms with Crippen LogP contribution in [0.3, 0.4) is 0 Å². The van der Waals surface area contributed by atoms with Crippen LogP contribution in [-0.2, 0) is 11.2 Å². The van der Waals surface area contributed by atoms with Crippen molar-refractivity contribution in [3.05, 3.63) is 23.2 Å². The second kappa shape index (κ2) is 5.52. The van der Waals surface area contributed by atoms with Gasteiger partial charge in [-0.25, -0.2) is 4.79 Å². The Labute approximate surface area is 123 Å². The van der Waals surface area contributed by atoms with Gasteiger partial charge in [-0.05, 0) is 20.8 Å². The van der Waals surface area contributed by atoms with Crippen LogP contribution >= 0.6 is 0 Å². The number of carbonyl (C=O) groups excluding carboxylic acids is 1. The minimum atomic E-state index is -1.08. The summed E-state index contributed by atoms with van der Waals surface area (Å²) in [5, 5.41) is 9.12. The van der Waals surface area contributed by atoms with E-state index in [0.29, 0.717) is 25.3 Å². The third-order valence-electron chi connectivity index (χ3n) is 3.43. The maximum Gasteiger partial charge on any atom is 0.339 e. The van der Waals surface area contributed by atoms with Gasteiger partial charge in [-0.3, -0.25) is 4.79 Å². The van der Waals surface area contributed by atoms with E-state index in [4.69, 9.17) is 14.3 Å². The number of aromatic carboxylic acids is 1. The first-order valence-electron chi connectivity index (χ1n) is 7.06. The van der Waals surface area contributed by atoms with Crippen LogP contribution in [0.25, 0.3) is 0 Å². The van der Waals surface area contributed by atoms with E-state index >= 15 is 0 Å². The quantitative estimate of drug-likeness (QED) is 0.924. The summed E-state index contributed by atoms with van der Waals surface area (Å²) in [7, 11) is 0. The number of hydrogen-bond donors (Lipinski definition) is 1. The van der Waals surface area contributed by atoms with Crippen molar-refractivity contribution < 1.29 is 23.8 Å². The molecule has 0 spiro atoms. The van der Waals surface area contributed by atoms with Crippen LogP contribution in [0.4, 0.5) is 0 Å². The lowest BCUT2D eigenvalue weighted by Crippen LogP contribution is -2.53. The molecule has 0 radical (unpaired) electrons. The van der Waals surface area contributed by atoms with Crippen molar-refractivity contribution in [1.29, 1.82) is 0 Å². The zero-order valence-electron chi connectivity index (χ0n) is 12.8. The van der Waals surface area contributed by atoms with E-state index in [9.17, 15) is 9.59 Å². The molecule has 1 N–H and O–H groups in total. The van der Waals surface area contributed by atoms with E-state index in [2.05, 4.69) is 0 Å². The van der Waals surface area contributed by atoms with Crippen LogP contribution < -0.4 is 0 Å². The molecule has 0 bridgehead atoms. The molecule has 0 aliphatic carbocycles. The van der Waals surface area contributed by atoms with E-state index in [1.807, 2.05) is 20.8 Å². The number of carbonyl (C=O) groups is 2. The smallest absolute Gasteiger partial charge is 0.339 e. The Bertz CT molecular complexity index is 560. The van der Waals surface area contributed by atoms with Gasteiger partial charge < -0.3 is 19.2 Å². The van der Waals surface area contributed by atoms with Crippen LogP contribution in [0.15, 0.2) is 10.5 Å². The molecule has 1 atom stereocenters. The lowest BCUT2D eigenvalue weighted by Gasteiger charge is -2.41. The van der Waals surface area contributed by atoms with E-state index in [0.717, 1.165) is 0 Å². The van der Waals surface area contributed by atoms with Crippen LogP contribution in [0.1, 0.15) is 54.4 Å². The summed E-state index contributed by atoms with van der Waals surface area (Å²) in [6.45, 7) is 8.45. The number of morpholine rings is 1. The van der Waals surface area contributed by atoms with Gasteiger partial charge in [-0.2, -0.15) is 0 Å².